The number of hydrogen-bond acceptors (Lipinski definition) is 5. The Balaban J connectivity index is 1.68. The van der Waals surface area contributed by atoms with Crippen LogP contribution >= 0.6 is 0 Å². The Morgan fingerprint density at radius 1 is 0.967 bits per heavy atom. The average Bonchev–Trinajstić information content (AvgIpc) is 2.80. The second-order valence-corrected chi connectivity index (χ2v) is 7.50. The van der Waals surface area contributed by atoms with Gasteiger partial charge in [-0.25, -0.2) is 0 Å². The van der Waals surface area contributed by atoms with Gasteiger partial charge in [-0.05, 0) is 55.3 Å². The van der Waals surface area contributed by atoms with Crippen molar-refractivity contribution >= 4 is 11.6 Å². The summed E-state index contributed by atoms with van der Waals surface area (Å²) < 4.78 is 16.2. The Morgan fingerprint density at radius 2 is 1.60 bits per heavy atom. The summed E-state index contributed by atoms with van der Waals surface area (Å²) in [7, 11) is 5.02. The molecule has 0 radical (unpaired) electrons. The summed E-state index contributed by atoms with van der Waals surface area (Å²) in [5, 5.41) is 0. The van der Waals surface area contributed by atoms with Crippen LogP contribution in [0.4, 0.5) is 5.69 Å². The lowest BCUT2D eigenvalue weighted by Crippen LogP contribution is -2.47. The van der Waals surface area contributed by atoms with Crippen molar-refractivity contribution in [3.63, 3.8) is 0 Å². The molecule has 162 valence electrons. The van der Waals surface area contributed by atoms with Crippen molar-refractivity contribution in [3.05, 3.63) is 48.0 Å². The largest absolute Gasteiger partial charge is 0.497 e. The Bertz CT molecular complexity index is 830. The molecule has 2 aromatic rings. The standard InChI is InChI=1S/C24H32N2O4/c1-5-24(27)26(19-6-8-21(28-2)9-7-19)20-12-14-25(15-13-20)17-18-16-22(29-3)10-11-23(18)30-4/h6-11,16,20H,5,12-15,17H2,1-4H3. The fourth-order valence-corrected chi connectivity index (χ4v) is 4.05. The molecule has 1 fully saturated rings. The molecule has 0 N–H and O–H groups in total. The van der Waals surface area contributed by atoms with Crippen LogP contribution in [0.15, 0.2) is 42.5 Å². The first-order chi connectivity index (χ1) is 14.6. The molecular formula is C24H32N2O4. The highest BCUT2D eigenvalue weighted by Crippen LogP contribution is 2.29. The molecule has 1 heterocycles. The molecule has 0 aliphatic carbocycles. The lowest BCUT2D eigenvalue weighted by molar-refractivity contribution is -0.119. The third-order valence-electron chi connectivity index (χ3n) is 5.73. The van der Waals surface area contributed by atoms with E-state index in [1.165, 1.54) is 0 Å². The van der Waals surface area contributed by atoms with E-state index < -0.39 is 0 Å². The molecule has 0 saturated carbocycles. The summed E-state index contributed by atoms with van der Waals surface area (Å²) >= 11 is 0. The first kappa shape index (κ1) is 22.0. The van der Waals surface area contributed by atoms with Gasteiger partial charge in [0.15, 0.2) is 0 Å². The van der Waals surface area contributed by atoms with E-state index in [0.717, 1.165) is 61.0 Å². The Kier molecular flexibility index (Phi) is 7.57. The van der Waals surface area contributed by atoms with Crippen molar-refractivity contribution in [2.75, 3.05) is 39.3 Å². The molecule has 1 saturated heterocycles. The minimum absolute atomic E-state index is 0.160. The number of methoxy groups -OCH3 is 3. The predicted octanol–water partition coefficient (Wildman–Crippen LogP) is 4.12. The number of carbonyl (C=O) groups is 1. The number of rotatable bonds is 8. The summed E-state index contributed by atoms with van der Waals surface area (Å²) in [6.07, 6.45) is 2.36. The van der Waals surface area contributed by atoms with Crippen molar-refractivity contribution in [2.24, 2.45) is 0 Å². The molecule has 0 atom stereocenters. The van der Waals surface area contributed by atoms with Gasteiger partial charge in [-0.1, -0.05) is 6.92 Å². The summed E-state index contributed by atoms with van der Waals surface area (Å²) in [6, 6.07) is 13.9. The van der Waals surface area contributed by atoms with Gasteiger partial charge in [-0.3, -0.25) is 9.69 Å². The molecule has 0 bridgehead atoms. The van der Waals surface area contributed by atoms with E-state index in [0.29, 0.717) is 6.42 Å². The molecule has 1 aliphatic heterocycles. The summed E-state index contributed by atoms with van der Waals surface area (Å²) in [4.78, 5) is 17.1. The second-order valence-electron chi connectivity index (χ2n) is 7.50. The van der Waals surface area contributed by atoms with Crippen molar-refractivity contribution < 1.29 is 19.0 Å². The van der Waals surface area contributed by atoms with E-state index in [4.69, 9.17) is 14.2 Å². The first-order valence-electron chi connectivity index (χ1n) is 10.5. The fraction of sp³-hybridized carbons (Fsp3) is 0.458. The van der Waals surface area contributed by atoms with Crippen LogP contribution in [0.2, 0.25) is 0 Å². The summed E-state index contributed by atoms with van der Waals surface area (Å²) in [5.74, 6) is 2.66. The van der Waals surface area contributed by atoms with Crippen molar-refractivity contribution in [3.8, 4) is 17.2 Å². The van der Waals surface area contributed by atoms with Gasteiger partial charge >= 0.3 is 0 Å². The second kappa shape index (κ2) is 10.3. The van der Waals surface area contributed by atoms with E-state index >= 15 is 0 Å². The highest BCUT2D eigenvalue weighted by Gasteiger charge is 2.28. The molecule has 0 aromatic heterocycles. The minimum atomic E-state index is 0.160. The van der Waals surface area contributed by atoms with E-state index in [-0.39, 0.29) is 11.9 Å². The predicted molar refractivity (Wildman–Crippen MR) is 119 cm³/mol. The molecule has 0 spiro atoms. The van der Waals surface area contributed by atoms with E-state index in [1.54, 1.807) is 21.3 Å². The Labute approximate surface area is 179 Å². The van der Waals surface area contributed by atoms with Crippen molar-refractivity contribution in [1.82, 2.24) is 4.90 Å². The number of likely N-dealkylation sites (tertiary alicyclic amines) is 1. The molecule has 6 heteroatoms. The van der Waals surface area contributed by atoms with Gasteiger partial charge in [0, 0.05) is 43.3 Å². The Morgan fingerprint density at radius 3 is 2.17 bits per heavy atom. The van der Waals surface area contributed by atoms with E-state index in [2.05, 4.69) is 4.90 Å². The summed E-state index contributed by atoms with van der Waals surface area (Å²) in [5.41, 5.74) is 2.06. The number of carbonyl (C=O) groups excluding carboxylic acids is 1. The van der Waals surface area contributed by atoms with Gasteiger partial charge in [0.25, 0.3) is 0 Å². The number of nitrogens with zero attached hydrogens (tertiary/aromatic N) is 2. The molecule has 0 unspecified atom stereocenters. The maximum absolute atomic E-state index is 12.7. The number of hydrogen-bond donors (Lipinski definition) is 0. The topological polar surface area (TPSA) is 51.2 Å². The smallest absolute Gasteiger partial charge is 0.226 e. The van der Waals surface area contributed by atoms with Crippen molar-refractivity contribution in [2.45, 2.75) is 38.8 Å². The van der Waals surface area contributed by atoms with Gasteiger partial charge in [-0.2, -0.15) is 0 Å². The summed E-state index contributed by atoms with van der Waals surface area (Å²) in [6.45, 7) is 4.57. The number of amides is 1. The van der Waals surface area contributed by atoms with Gasteiger partial charge < -0.3 is 19.1 Å². The van der Waals surface area contributed by atoms with Crippen molar-refractivity contribution in [1.29, 1.82) is 0 Å². The normalized spacial score (nSPS) is 14.9. The zero-order valence-electron chi connectivity index (χ0n) is 18.4. The monoisotopic (exact) mass is 412 g/mol. The van der Waals surface area contributed by atoms with Gasteiger partial charge in [-0.15, -0.1) is 0 Å². The number of anilines is 1. The molecule has 30 heavy (non-hydrogen) atoms. The molecule has 1 aliphatic rings. The maximum Gasteiger partial charge on any atom is 0.226 e. The average molecular weight is 413 g/mol. The minimum Gasteiger partial charge on any atom is -0.497 e. The zero-order valence-corrected chi connectivity index (χ0v) is 18.4. The lowest BCUT2D eigenvalue weighted by atomic mass is 10.0. The van der Waals surface area contributed by atoms with Gasteiger partial charge in [0.05, 0.1) is 21.3 Å². The number of benzene rings is 2. The van der Waals surface area contributed by atoms with E-state index in [9.17, 15) is 4.79 Å². The number of ether oxygens (including phenoxy) is 3. The van der Waals surface area contributed by atoms with Crippen LogP contribution in [0.1, 0.15) is 31.7 Å². The fourth-order valence-electron chi connectivity index (χ4n) is 4.05. The Hall–Kier alpha value is -2.73. The molecule has 3 rings (SSSR count). The van der Waals surface area contributed by atoms with Gasteiger partial charge in [0.2, 0.25) is 5.91 Å². The maximum atomic E-state index is 12.7. The zero-order chi connectivity index (χ0) is 21.5. The highest BCUT2D eigenvalue weighted by molar-refractivity contribution is 5.93. The third kappa shape index (κ3) is 5.05. The van der Waals surface area contributed by atoms with Gasteiger partial charge in [0.1, 0.15) is 17.2 Å². The van der Waals surface area contributed by atoms with Crippen LogP contribution in [-0.4, -0.2) is 51.3 Å². The van der Waals surface area contributed by atoms with E-state index in [1.807, 2.05) is 54.3 Å². The molecule has 1 amide bonds. The lowest BCUT2D eigenvalue weighted by Gasteiger charge is -2.38. The van der Waals surface area contributed by atoms with Crippen LogP contribution in [0, 0.1) is 0 Å². The van der Waals surface area contributed by atoms with Crippen LogP contribution in [-0.2, 0) is 11.3 Å². The first-order valence-corrected chi connectivity index (χ1v) is 10.5. The molecule has 6 nitrogen and oxygen atoms in total. The number of piperidine rings is 1. The van der Waals surface area contributed by atoms with Crippen LogP contribution in [0.3, 0.4) is 0 Å². The quantitative estimate of drug-likeness (QED) is 0.653. The molecular weight excluding hydrogens is 380 g/mol. The van der Waals surface area contributed by atoms with Crippen LogP contribution in [0.25, 0.3) is 0 Å². The third-order valence-corrected chi connectivity index (χ3v) is 5.73. The highest BCUT2D eigenvalue weighted by atomic mass is 16.5. The van der Waals surface area contributed by atoms with Crippen LogP contribution < -0.4 is 19.1 Å². The van der Waals surface area contributed by atoms with Crippen LogP contribution in [0.5, 0.6) is 17.2 Å². The SMILES string of the molecule is CCC(=O)N(c1ccc(OC)cc1)C1CCN(Cc2cc(OC)ccc2OC)CC1. The molecule has 2 aromatic carbocycles.